The zero-order valence-corrected chi connectivity index (χ0v) is 18.7. The predicted octanol–water partition coefficient (Wildman–Crippen LogP) is 4.05. The smallest absolute Gasteiger partial charge is 0.193 e. The first-order valence-electron chi connectivity index (χ1n) is 11.2. The molecule has 2 fully saturated rings. The van der Waals surface area contributed by atoms with Crippen molar-refractivity contribution in [2.75, 3.05) is 39.9 Å². The van der Waals surface area contributed by atoms with Crippen molar-refractivity contribution in [3.63, 3.8) is 0 Å². The van der Waals surface area contributed by atoms with E-state index < -0.39 is 0 Å². The molecule has 32 heavy (non-hydrogen) atoms. The number of hydrogen-bond donors (Lipinski definition) is 1. The van der Waals surface area contributed by atoms with E-state index in [-0.39, 0.29) is 29.3 Å². The van der Waals surface area contributed by atoms with E-state index >= 15 is 0 Å². The maximum absolute atomic E-state index is 14.0. The highest BCUT2D eigenvalue weighted by Gasteiger charge is 2.36. The molecule has 0 radical (unpaired) electrons. The Bertz CT molecular complexity index is 929. The first-order valence-corrected chi connectivity index (χ1v) is 11.2. The van der Waals surface area contributed by atoms with Gasteiger partial charge in [0, 0.05) is 38.8 Å². The van der Waals surface area contributed by atoms with Gasteiger partial charge >= 0.3 is 0 Å². The molecule has 1 N–H and O–H groups in total. The third-order valence-corrected chi connectivity index (χ3v) is 6.49. The maximum Gasteiger partial charge on any atom is 0.193 e. The number of hydrogen-bond acceptors (Lipinski definition) is 3. The fraction of sp³-hybridized carbons (Fsp3) is 0.480. The minimum Gasteiger partial charge on any atom is -0.381 e. The zero-order valence-electron chi connectivity index (χ0n) is 18.7. The SMILES string of the molecule is CN=C(NCC1(c2cccc(F)c2)CCOCC1)N1CC(C)OC(c2ccc(F)cc2)C1. The highest BCUT2D eigenvalue weighted by Crippen LogP contribution is 2.35. The normalized spacial score (nSPS) is 23.8. The van der Waals surface area contributed by atoms with Crippen molar-refractivity contribution >= 4 is 5.96 Å². The quantitative estimate of drug-likeness (QED) is 0.572. The Balaban J connectivity index is 1.49. The van der Waals surface area contributed by atoms with Crippen molar-refractivity contribution in [3.8, 4) is 0 Å². The highest BCUT2D eigenvalue weighted by atomic mass is 19.1. The molecular weight excluding hydrogens is 412 g/mol. The van der Waals surface area contributed by atoms with E-state index in [1.807, 2.05) is 13.0 Å². The molecule has 2 aliphatic heterocycles. The molecule has 2 aliphatic rings. The van der Waals surface area contributed by atoms with Crippen LogP contribution in [0.1, 0.15) is 37.0 Å². The number of ether oxygens (including phenoxy) is 2. The van der Waals surface area contributed by atoms with E-state index in [1.165, 1.54) is 18.2 Å². The standard InChI is InChI=1S/C25H31F2N3O2/c1-18-15-30(16-23(32-18)19-6-8-21(26)9-7-19)24(28-2)29-17-25(10-12-31-13-11-25)20-4-3-5-22(27)14-20/h3-9,14,18,23H,10-13,15-17H2,1-2H3,(H,28,29). The van der Waals surface area contributed by atoms with Crippen LogP contribution in [0.4, 0.5) is 8.78 Å². The summed E-state index contributed by atoms with van der Waals surface area (Å²) in [4.78, 5) is 6.71. The second-order valence-corrected chi connectivity index (χ2v) is 8.70. The van der Waals surface area contributed by atoms with Gasteiger partial charge in [-0.25, -0.2) is 8.78 Å². The highest BCUT2D eigenvalue weighted by molar-refractivity contribution is 5.80. The fourth-order valence-corrected chi connectivity index (χ4v) is 4.71. The second kappa shape index (κ2) is 9.96. The monoisotopic (exact) mass is 443 g/mol. The van der Waals surface area contributed by atoms with E-state index in [0.29, 0.717) is 32.8 Å². The lowest BCUT2D eigenvalue weighted by Gasteiger charge is -2.41. The van der Waals surface area contributed by atoms with Gasteiger partial charge in [0.2, 0.25) is 0 Å². The van der Waals surface area contributed by atoms with Crippen molar-refractivity contribution in [1.82, 2.24) is 10.2 Å². The molecule has 2 aromatic rings. The van der Waals surface area contributed by atoms with Gasteiger partial charge < -0.3 is 19.7 Å². The number of nitrogens with one attached hydrogen (secondary N) is 1. The molecule has 5 nitrogen and oxygen atoms in total. The maximum atomic E-state index is 14.0. The van der Waals surface area contributed by atoms with E-state index in [1.54, 1.807) is 31.3 Å². The lowest BCUT2D eigenvalue weighted by Crippen LogP contribution is -2.53. The van der Waals surface area contributed by atoms with Crippen LogP contribution in [0.2, 0.25) is 0 Å². The average Bonchev–Trinajstić information content (AvgIpc) is 2.80. The van der Waals surface area contributed by atoms with Crippen LogP contribution >= 0.6 is 0 Å². The summed E-state index contributed by atoms with van der Waals surface area (Å²) in [5, 5.41) is 3.55. The molecule has 172 valence electrons. The molecule has 2 saturated heterocycles. The van der Waals surface area contributed by atoms with Gasteiger partial charge in [-0.1, -0.05) is 24.3 Å². The summed E-state index contributed by atoms with van der Waals surface area (Å²) in [7, 11) is 1.77. The van der Waals surface area contributed by atoms with Crippen molar-refractivity contribution in [2.24, 2.45) is 4.99 Å². The Morgan fingerprint density at radius 3 is 2.53 bits per heavy atom. The zero-order chi connectivity index (χ0) is 22.6. The van der Waals surface area contributed by atoms with Crippen molar-refractivity contribution in [1.29, 1.82) is 0 Å². The van der Waals surface area contributed by atoms with Crippen LogP contribution in [0.15, 0.2) is 53.5 Å². The third kappa shape index (κ3) is 5.10. The molecule has 0 saturated carbocycles. The van der Waals surface area contributed by atoms with E-state index in [2.05, 4.69) is 15.2 Å². The number of rotatable bonds is 4. The summed E-state index contributed by atoms with van der Waals surface area (Å²) in [5.74, 6) is 0.308. The van der Waals surface area contributed by atoms with Gasteiger partial charge in [-0.3, -0.25) is 4.99 Å². The number of aliphatic imine (C=N–C) groups is 1. The topological polar surface area (TPSA) is 46.1 Å². The summed E-state index contributed by atoms with van der Waals surface area (Å²) >= 11 is 0. The second-order valence-electron chi connectivity index (χ2n) is 8.70. The van der Waals surface area contributed by atoms with Gasteiger partial charge in [0.25, 0.3) is 0 Å². The summed E-state index contributed by atoms with van der Waals surface area (Å²) in [5.41, 5.74) is 1.72. The fourth-order valence-electron chi connectivity index (χ4n) is 4.71. The summed E-state index contributed by atoms with van der Waals surface area (Å²) in [6, 6.07) is 13.4. The molecule has 2 unspecified atom stereocenters. The molecule has 2 aromatic carbocycles. The van der Waals surface area contributed by atoms with Crippen molar-refractivity contribution < 1.29 is 18.3 Å². The van der Waals surface area contributed by atoms with Crippen LogP contribution in [-0.4, -0.2) is 56.9 Å². The average molecular weight is 444 g/mol. The predicted molar refractivity (Wildman–Crippen MR) is 121 cm³/mol. The molecule has 7 heteroatoms. The number of guanidine groups is 1. The number of nitrogens with zero attached hydrogens (tertiary/aromatic N) is 2. The minimum absolute atomic E-state index is 0.00221. The van der Waals surface area contributed by atoms with E-state index in [4.69, 9.17) is 9.47 Å². The minimum atomic E-state index is -0.258. The molecule has 0 aromatic heterocycles. The van der Waals surface area contributed by atoms with Crippen LogP contribution in [-0.2, 0) is 14.9 Å². The molecule has 0 spiro atoms. The van der Waals surface area contributed by atoms with Crippen LogP contribution < -0.4 is 5.32 Å². The number of benzene rings is 2. The first-order chi connectivity index (χ1) is 15.5. The Labute approximate surface area is 188 Å². The van der Waals surface area contributed by atoms with Crippen LogP contribution in [0.25, 0.3) is 0 Å². The van der Waals surface area contributed by atoms with Crippen LogP contribution in [0, 0.1) is 11.6 Å². The van der Waals surface area contributed by atoms with Crippen molar-refractivity contribution in [2.45, 2.75) is 37.4 Å². The summed E-state index contributed by atoms with van der Waals surface area (Å²) < 4.78 is 39.1. The number of morpholine rings is 1. The lowest BCUT2D eigenvalue weighted by molar-refractivity contribution is -0.0606. The lowest BCUT2D eigenvalue weighted by atomic mass is 9.74. The largest absolute Gasteiger partial charge is 0.381 e. The molecule has 0 bridgehead atoms. The van der Waals surface area contributed by atoms with Crippen LogP contribution in [0.5, 0.6) is 0 Å². The summed E-state index contributed by atoms with van der Waals surface area (Å²) in [6.07, 6.45) is 1.46. The Morgan fingerprint density at radius 2 is 1.84 bits per heavy atom. The van der Waals surface area contributed by atoms with Gasteiger partial charge in [-0.2, -0.15) is 0 Å². The van der Waals surface area contributed by atoms with E-state index in [0.717, 1.165) is 29.9 Å². The first kappa shape index (κ1) is 22.7. The number of halogens is 2. The molecular formula is C25H31F2N3O2. The Kier molecular flexibility index (Phi) is 7.06. The molecule has 0 amide bonds. The summed E-state index contributed by atoms with van der Waals surface area (Å²) in [6.45, 7) is 5.29. The Morgan fingerprint density at radius 1 is 1.09 bits per heavy atom. The van der Waals surface area contributed by atoms with Gasteiger partial charge in [-0.15, -0.1) is 0 Å². The molecule has 4 rings (SSSR count). The van der Waals surface area contributed by atoms with Gasteiger partial charge in [0.1, 0.15) is 17.7 Å². The van der Waals surface area contributed by atoms with Gasteiger partial charge in [0.05, 0.1) is 12.6 Å². The molecule has 2 heterocycles. The van der Waals surface area contributed by atoms with E-state index in [9.17, 15) is 8.78 Å². The van der Waals surface area contributed by atoms with Gasteiger partial charge in [-0.05, 0) is 55.2 Å². The Hall–Kier alpha value is -2.51. The van der Waals surface area contributed by atoms with Gasteiger partial charge in [0.15, 0.2) is 5.96 Å². The van der Waals surface area contributed by atoms with Crippen LogP contribution in [0.3, 0.4) is 0 Å². The molecule has 0 aliphatic carbocycles. The molecule has 2 atom stereocenters. The third-order valence-electron chi connectivity index (χ3n) is 6.49. The van der Waals surface area contributed by atoms with Crippen molar-refractivity contribution in [3.05, 3.63) is 71.3 Å².